The number of nitrogens with one attached hydrogen (secondary N) is 1. The van der Waals surface area contributed by atoms with Crippen LogP contribution in [0, 0.1) is 10.1 Å². The van der Waals surface area contributed by atoms with Gasteiger partial charge in [0.1, 0.15) is 0 Å². The Morgan fingerprint density at radius 1 is 1.32 bits per heavy atom. The number of amides is 1. The summed E-state index contributed by atoms with van der Waals surface area (Å²) in [6.45, 7) is 2.92. The van der Waals surface area contributed by atoms with E-state index in [0.717, 1.165) is 17.0 Å². The number of nitrogens with zero attached hydrogens (tertiary/aromatic N) is 2. The van der Waals surface area contributed by atoms with E-state index in [1.54, 1.807) is 28.8 Å². The van der Waals surface area contributed by atoms with E-state index in [9.17, 15) is 14.9 Å². The minimum atomic E-state index is -0.448. The van der Waals surface area contributed by atoms with Crippen LogP contribution in [0.1, 0.15) is 13.3 Å². The van der Waals surface area contributed by atoms with Crippen molar-refractivity contribution >= 4 is 34.7 Å². The van der Waals surface area contributed by atoms with Gasteiger partial charge in [0, 0.05) is 34.5 Å². The van der Waals surface area contributed by atoms with Crippen LogP contribution in [0.4, 0.5) is 17.1 Å². The standard InChI is InChI=1S/C18H19N3O3S/c1-13-9-10-20(16-7-2-3-8-17(16)25-13)18(22)12-19-14-5-4-6-15(11-14)21(23)24/h2-8,11,13,19H,9-10,12H2,1H3. The summed E-state index contributed by atoms with van der Waals surface area (Å²) in [5.74, 6) is -0.0475. The SMILES string of the molecule is CC1CCN(C(=O)CNc2cccc([N+](=O)[O-])c2)c2ccccc2S1. The molecule has 0 radical (unpaired) electrons. The molecule has 0 spiro atoms. The number of rotatable bonds is 4. The average Bonchev–Trinajstić information content (AvgIpc) is 2.78. The van der Waals surface area contributed by atoms with Crippen LogP contribution >= 0.6 is 11.8 Å². The maximum Gasteiger partial charge on any atom is 0.271 e. The lowest BCUT2D eigenvalue weighted by molar-refractivity contribution is -0.384. The van der Waals surface area contributed by atoms with E-state index in [1.165, 1.54) is 12.1 Å². The quantitative estimate of drug-likeness (QED) is 0.663. The Kier molecular flexibility index (Phi) is 5.23. The molecule has 0 aliphatic carbocycles. The first-order valence-corrected chi connectivity index (χ1v) is 8.97. The highest BCUT2D eigenvalue weighted by molar-refractivity contribution is 8.00. The number of hydrogen-bond acceptors (Lipinski definition) is 5. The average molecular weight is 357 g/mol. The van der Waals surface area contributed by atoms with Gasteiger partial charge in [-0.05, 0) is 24.6 Å². The van der Waals surface area contributed by atoms with Crippen molar-refractivity contribution in [3.63, 3.8) is 0 Å². The number of non-ortho nitro benzene ring substituents is 1. The second-order valence-corrected chi connectivity index (χ2v) is 7.37. The molecule has 3 rings (SSSR count). The number of thioether (sulfide) groups is 1. The maximum absolute atomic E-state index is 12.7. The lowest BCUT2D eigenvalue weighted by Crippen LogP contribution is -2.36. The van der Waals surface area contributed by atoms with Crippen LogP contribution < -0.4 is 10.2 Å². The molecule has 1 N–H and O–H groups in total. The van der Waals surface area contributed by atoms with Crippen molar-refractivity contribution in [2.75, 3.05) is 23.3 Å². The number of hydrogen-bond donors (Lipinski definition) is 1. The van der Waals surface area contributed by atoms with Crippen LogP contribution in [-0.4, -0.2) is 29.2 Å². The van der Waals surface area contributed by atoms with Crippen LogP contribution in [0.15, 0.2) is 53.4 Å². The van der Waals surface area contributed by atoms with Crippen LogP contribution in [0.25, 0.3) is 0 Å². The highest BCUT2D eigenvalue weighted by atomic mass is 32.2. The van der Waals surface area contributed by atoms with Crippen molar-refractivity contribution in [2.24, 2.45) is 0 Å². The van der Waals surface area contributed by atoms with Gasteiger partial charge in [-0.1, -0.05) is 25.1 Å². The van der Waals surface area contributed by atoms with Gasteiger partial charge in [0.05, 0.1) is 17.2 Å². The summed E-state index contributed by atoms with van der Waals surface area (Å²) in [7, 11) is 0. The molecule has 0 bridgehead atoms. The number of para-hydroxylation sites is 1. The largest absolute Gasteiger partial charge is 0.376 e. The second-order valence-electron chi connectivity index (χ2n) is 5.89. The smallest absolute Gasteiger partial charge is 0.271 e. The summed E-state index contributed by atoms with van der Waals surface area (Å²) in [6, 6.07) is 14.1. The Balaban J connectivity index is 1.73. The van der Waals surface area contributed by atoms with Gasteiger partial charge in [-0.25, -0.2) is 0 Å². The first-order chi connectivity index (χ1) is 12.0. The summed E-state index contributed by atoms with van der Waals surface area (Å²) in [5, 5.41) is 14.3. The van der Waals surface area contributed by atoms with E-state index in [4.69, 9.17) is 0 Å². The lowest BCUT2D eigenvalue weighted by Gasteiger charge is -2.23. The molecule has 7 heteroatoms. The van der Waals surface area contributed by atoms with Crippen molar-refractivity contribution in [1.82, 2.24) is 0 Å². The maximum atomic E-state index is 12.7. The molecule has 1 aliphatic heterocycles. The topological polar surface area (TPSA) is 75.5 Å². The molecule has 0 fully saturated rings. The number of anilines is 2. The van der Waals surface area contributed by atoms with Gasteiger partial charge in [0.25, 0.3) is 5.69 Å². The fraction of sp³-hybridized carbons (Fsp3) is 0.278. The number of nitro groups is 1. The molecule has 0 aromatic heterocycles. The first kappa shape index (κ1) is 17.3. The van der Waals surface area contributed by atoms with Gasteiger partial charge in [-0.15, -0.1) is 11.8 Å². The number of carbonyl (C=O) groups is 1. The van der Waals surface area contributed by atoms with E-state index in [0.29, 0.717) is 17.5 Å². The molecule has 2 aromatic carbocycles. The zero-order chi connectivity index (χ0) is 17.8. The molecule has 130 valence electrons. The number of nitro benzene ring substituents is 1. The van der Waals surface area contributed by atoms with Crippen molar-refractivity contribution in [1.29, 1.82) is 0 Å². The molecule has 0 saturated heterocycles. The van der Waals surface area contributed by atoms with Crippen LogP contribution in [0.3, 0.4) is 0 Å². The minimum Gasteiger partial charge on any atom is -0.376 e. The van der Waals surface area contributed by atoms with Gasteiger partial charge in [0.15, 0.2) is 0 Å². The van der Waals surface area contributed by atoms with Gasteiger partial charge >= 0.3 is 0 Å². The van der Waals surface area contributed by atoms with Crippen molar-refractivity contribution < 1.29 is 9.72 Å². The van der Waals surface area contributed by atoms with E-state index < -0.39 is 4.92 Å². The first-order valence-electron chi connectivity index (χ1n) is 8.09. The second kappa shape index (κ2) is 7.57. The zero-order valence-electron chi connectivity index (χ0n) is 13.8. The summed E-state index contributed by atoms with van der Waals surface area (Å²) in [6.07, 6.45) is 0.919. The third-order valence-corrected chi connectivity index (χ3v) is 5.28. The Hall–Kier alpha value is -2.54. The van der Waals surface area contributed by atoms with E-state index in [-0.39, 0.29) is 18.1 Å². The third kappa shape index (κ3) is 4.11. The van der Waals surface area contributed by atoms with Crippen molar-refractivity contribution in [2.45, 2.75) is 23.5 Å². The molecule has 1 aliphatic rings. The molecule has 1 unspecified atom stereocenters. The molecule has 2 aromatic rings. The third-order valence-electron chi connectivity index (χ3n) is 4.05. The molecular formula is C18H19N3O3S. The molecular weight excluding hydrogens is 338 g/mol. The zero-order valence-corrected chi connectivity index (χ0v) is 14.7. The van der Waals surface area contributed by atoms with E-state index >= 15 is 0 Å². The molecule has 1 heterocycles. The summed E-state index contributed by atoms with van der Waals surface area (Å²) < 4.78 is 0. The molecule has 1 atom stereocenters. The lowest BCUT2D eigenvalue weighted by atomic mass is 10.2. The predicted octanol–water partition coefficient (Wildman–Crippen LogP) is 3.92. The highest BCUT2D eigenvalue weighted by Gasteiger charge is 2.23. The van der Waals surface area contributed by atoms with Crippen LogP contribution in [0.2, 0.25) is 0 Å². The molecule has 25 heavy (non-hydrogen) atoms. The normalized spacial score (nSPS) is 16.7. The summed E-state index contributed by atoms with van der Waals surface area (Å²) in [4.78, 5) is 26.0. The molecule has 6 nitrogen and oxygen atoms in total. The number of benzene rings is 2. The number of carbonyl (C=O) groups excluding carboxylic acids is 1. The fourth-order valence-corrected chi connectivity index (χ4v) is 3.86. The van der Waals surface area contributed by atoms with E-state index in [2.05, 4.69) is 12.2 Å². The van der Waals surface area contributed by atoms with Crippen molar-refractivity contribution in [3.05, 3.63) is 58.6 Å². The predicted molar refractivity (Wildman–Crippen MR) is 100 cm³/mol. The highest BCUT2D eigenvalue weighted by Crippen LogP contribution is 2.37. The van der Waals surface area contributed by atoms with Gasteiger partial charge < -0.3 is 10.2 Å². The van der Waals surface area contributed by atoms with Gasteiger partial charge in [-0.2, -0.15) is 0 Å². The molecule has 0 saturated carbocycles. The monoisotopic (exact) mass is 357 g/mol. The minimum absolute atomic E-state index is 0.00259. The Labute approximate surface area is 150 Å². The van der Waals surface area contributed by atoms with Gasteiger partial charge in [-0.3, -0.25) is 14.9 Å². The number of fused-ring (bicyclic) bond motifs is 1. The van der Waals surface area contributed by atoms with Crippen LogP contribution in [-0.2, 0) is 4.79 Å². The Bertz CT molecular complexity index is 797. The summed E-state index contributed by atoms with van der Waals surface area (Å²) >= 11 is 1.78. The van der Waals surface area contributed by atoms with Crippen LogP contribution in [0.5, 0.6) is 0 Å². The van der Waals surface area contributed by atoms with Gasteiger partial charge in [0.2, 0.25) is 5.91 Å². The van der Waals surface area contributed by atoms with Crippen molar-refractivity contribution in [3.8, 4) is 0 Å². The Morgan fingerprint density at radius 2 is 2.12 bits per heavy atom. The van der Waals surface area contributed by atoms with E-state index in [1.807, 2.05) is 24.3 Å². The summed E-state index contributed by atoms with van der Waals surface area (Å²) in [5.41, 5.74) is 1.50. The fourth-order valence-electron chi connectivity index (χ4n) is 2.75. The molecule has 1 amide bonds. The Morgan fingerprint density at radius 3 is 2.92 bits per heavy atom.